The first-order valence-electron chi connectivity index (χ1n) is 5.97. The van der Waals surface area contributed by atoms with Crippen molar-refractivity contribution in [1.29, 1.82) is 0 Å². The fourth-order valence-corrected chi connectivity index (χ4v) is 1.51. The molecule has 1 aromatic carbocycles. The summed E-state index contributed by atoms with van der Waals surface area (Å²) in [5.41, 5.74) is 0.641. The van der Waals surface area contributed by atoms with Crippen molar-refractivity contribution in [2.24, 2.45) is 0 Å². The molecule has 0 unspecified atom stereocenters. The standard InChI is InChI=1S/C13H20N2O4/c1-17-8-4-7-14-13(16)15-10-5-6-11(18-2)12(9-10)19-3/h5-6,9H,4,7-8H2,1-3H3,(H2,14,15,16). The molecule has 6 nitrogen and oxygen atoms in total. The number of nitrogens with one attached hydrogen (secondary N) is 2. The predicted octanol–water partition coefficient (Wildman–Crippen LogP) is 1.86. The molecule has 0 fully saturated rings. The quantitative estimate of drug-likeness (QED) is 0.741. The van der Waals surface area contributed by atoms with Crippen molar-refractivity contribution in [2.45, 2.75) is 6.42 Å². The Morgan fingerprint density at radius 2 is 1.89 bits per heavy atom. The first-order chi connectivity index (χ1) is 9.21. The van der Waals surface area contributed by atoms with E-state index in [9.17, 15) is 4.79 Å². The molecule has 0 saturated carbocycles. The zero-order chi connectivity index (χ0) is 14.1. The van der Waals surface area contributed by atoms with Crippen LogP contribution in [0.4, 0.5) is 10.5 Å². The minimum absolute atomic E-state index is 0.261. The predicted molar refractivity (Wildman–Crippen MR) is 73.1 cm³/mol. The van der Waals surface area contributed by atoms with Crippen LogP contribution in [-0.4, -0.2) is 40.5 Å². The van der Waals surface area contributed by atoms with Crippen LogP contribution in [0.15, 0.2) is 18.2 Å². The van der Waals surface area contributed by atoms with E-state index in [0.717, 1.165) is 6.42 Å². The molecule has 0 aliphatic rings. The maximum absolute atomic E-state index is 11.6. The van der Waals surface area contributed by atoms with Crippen LogP contribution < -0.4 is 20.1 Å². The lowest BCUT2D eigenvalue weighted by atomic mass is 10.3. The van der Waals surface area contributed by atoms with Crippen LogP contribution in [0.2, 0.25) is 0 Å². The van der Waals surface area contributed by atoms with E-state index in [0.29, 0.717) is 30.3 Å². The van der Waals surface area contributed by atoms with Gasteiger partial charge in [0, 0.05) is 32.0 Å². The summed E-state index contributed by atoms with van der Waals surface area (Å²) in [4.78, 5) is 11.6. The Labute approximate surface area is 113 Å². The van der Waals surface area contributed by atoms with Crippen LogP contribution >= 0.6 is 0 Å². The lowest BCUT2D eigenvalue weighted by Gasteiger charge is -2.11. The lowest BCUT2D eigenvalue weighted by molar-refractivity contribution is 0.194. The average molecular weight is 268 g/mol. The fraction of sp³-hybridized carbons (Fsp3) is 0.462. The number of benzene rings is 1. The first-order valence-corrected chi connectivity index (χ1v) is 5.97. The van der Waals surface area contributed by atoms with Crippen molar-refractivity contribution < 1.29 is 19.0 Å². The molecule has 0 radical (unpaired) electrons. The van der Waals surface area contributed by atoms with Crippen molar-refractivity contribution in [1.82, 2.24) is 5.32 Å². The van der Waals surface area contributed by atoms with Gasteiger partial charge in [-0.1, -0.05) is 0 Å². The number of amides is 2. The third-order valence-electron chi connectivity index (χ3n) is 2.45. The molecule has 2 amide bonds. The van der Waals surface area contributed by atoms with Gasteiger partial charge in [0.05, 0.1) is 14.2 Å². The molecule has 106 valence electrons. The summed E-state index contributed by atoms with van der Waals surface area (Å²) < 4.78 is 15.2. The van der Waals surface area contributed by atoms with E-state index in [1.165, 1.54) is 0 Å². The summed E-state index contributed by atoms with van der Waals surface area (Å²) in [6.07, 6.45) is 0.774. The Morgan fingerprint density at radius 1 is 1.16 bits per heavy atom. The molecule has 1 rings (SSSR count). The van der Waals surface area contributed by atoms with E-state index in [1.807, 2.05) is 0 Å². The molecular formula is C13H20N2O4. The average Bonchev–Trinajstić information content (AvgIpc) is 2.43. The van der Waals surface area contributed by atoms with E-state index in [-0.39, 0.29) is 6.03 Å². The van der Waals surface area contributed by atoms with Gasteiger partial charge in [0.15, 0.2) is 11.5 Å². The minimum atomic E-state index is -0.261. The molecule has 0 aromatic heterocycles. The summed E-state index contributed by atoms with van der Waals surface area (Å²) in [5, 5.41) is 5.45. The van der Waals surface area contributed by atoms with Gasteiger partial charge in [0.25, 0.3) is 0 Å². The third-order valence-corrected chi connectivity index (χ3v) is 2.45. The second-order valence-electron chi connectivity index (χ2n) is 3.80. The summed E-state index contributed by atoms with van der Waals surface area (Å²) in [7, 11) is 4.74. The Morgan fingerprint density at radius 3 is 2.53 bits per heavy atom. The zero-order valence-electron chi connectivity index (χ0n) is 11.5. The summed E-state index contributed by atoms with van der Waals surface area (Å²) in [5.74, 6) is 1.19. The monoisotopic (exact) mass is 268 g/mol. The van der Waals surface area contributed by atoms with Gasteiger partial charge >= 0.3 is 6.03 Å². The van der Waals surface area contributed by atoms with Crippen LogP contribution in [0.5, 0.6) is 11.5 Å². The number of methoxy groups -OCH3 is 3. The Kier molecular flexibility index (Phi) is 6.52. The maximum Gasteiger partial charge on any atom is 0.319 e. The molecular weight excluding hydrogens is 248 g/mol. The van der Waals surface area contributed by atoms with Crippen LogP contribution in [0.25, 0.3) is 0 Å². The van der Waals surface area contributed by atoms with Gasteiger partial charge in [0.2, 0.25) is 0 Å². The van der Waals surface area contributed by atoms with E-state index in [4.69, 9.17) is 14.2 Å². The second kappa shape index (κ2) is 8.20. The molecule has 2 N–H and O–H groups in total. The number of hydrogen-bond donors (Lipinski definition) is 2. The molecule has 0 bridgehead atoms. The van der Waals surface area contributed by atoms with Gasteiger partial charge in [-0.05, 0) is 18.6 Å². The Balaban J connectivity index is 2.50. The van der Waals surface area contributed by atoms with Crippen LogP contribution in [0, 0.1) is 0 Å². The number of carbonyl (C=O) groups excluding carboxylic acids is 1. The van der Waals surface area contributed by atoms with E-state index in [1.54, 1.807) is 39.5 Å². The number of urea groups is 1. The summed E-state index contributed by atoms with van der Waals surface area (Å²) >= 11 is 0. The van der Waals surface area contributed by atoms with Crippen molar-refractivity contribution in [3.05, 3.63) is 18.2 Å². The molecule has 0 atom stereocenters. The summed E-state index contributed by atoms with van der Waals surface area (Å²) in [6, 6.07) is 4.92. The highest BCUT2D eigenvalue weighted by Gasteiger charge is 2.06. The van der Waals surface area contributed by atoms with Crippen molar-refractivity contribution in [3.8, 4) is 11.5 Å². The number of anilines is 1. The van der Waals surface area contributed by atoms with E-state index >= 15 is 0 Å². The van der Waals surface area contributed by atoms with Crippen molar-refractivity contribution >= 4 is 11.7 Å². The third kappa shape index (κ3) is 5.05. The molecule has 0 saturated heterocycles. The Bertz CT molecular complexity index is 410. The zero-order valence-corrected chi connectivity index (χ0v) is 11.5. The Hall–Kier alpha value is -1.95. The number of carbonyl (C=O) groups is 1. The molecule has 19 heavy (non-hydrogen) atoms. The smallest absolute Gasteiger partial charge is 0.319 e. The van der Waals surface area contributed by atoms with E-state index < -0.39 is 0 Å². The van der Waals surface area contributed by atoms with Gasteiger partial charge in [0.1, 0.15) is 0 Å². The van der Waals surface area contributed by atoms with Crippen LogP contribution in [0.1, 0.15) is 6.42 Å². The molecule has 0 spiro atoms. The largest absolute Gasteiger partial charge is 0.493 e. The van der Waals surface area contributed by atoms with Gasteiger partial charge in [-0.25, -0.2) is 4.79 Å². The molecule has 0 aliphatic heterocycles. The molecule has 0 heterocycles. The van der Waals surface area contributed by atoms with E-state index in [2.05, 4.69) is 10.6 Å². The molecule has 1 aromatic rings. The first kappa shape index (κ1) is 15.1. The number of rotatable bonds is 7. The highest BCUT2D eigenvalue weighted by atomic mass is 16.5. The van der Waals surface area contributed by atoms with Gasteiger partial charge in [-0.15, -0.1) is 0 Å². The maximum atomic E-state index is 11.6. The van der Waals surface area contributed by atoms with Gasteiger partial charge in [-0.2, -0.15) is 0 Å². The van der Waals surface area contributed by atoms with Crippen molar-refractivity contribution in [2.75, 3.05) is 39.8 Å². The van der Waals surface area contributed by atoms with Gasteiger partial charge < -0.3 is 24.8 Å². The van der Waals surface area contributed by atoms with Gasteiger partial charge in [-0.3, -0.25) is 0 Å². The number of hydrogen-bond acceptors (Lipinski definition) is 4. The topological polar surface area (TPSA) is 68.8 Å². The normalized spacial score (nSPS) is 9.84. The highest BCUT2D eigenvalue weighted by molar-refractivity contribution is 5.89. The number of ether oxygens (including phenoxy) is 3. The fourth-order valence-electron chi connectivity index (χ4n) is 1.51. The lowest BCUT2D eigenvalue weighted by Crippen LogP contribution is -2.30. The SMILES string of the molecule is COCCCNC(=O)Nc1ccc(OC)c(OC)c1. The molecule has 6 heteroatoms. The minimum Gasteiger partial charge on any atom is -0.493 e. The summed E-state index contributed by atoms with van der Waals surface area (Å²) in [6.45, 7) is 1.18. The van der Waals surface area contributed by atoms with Crippen LogP contribution in [0.3, 0.4) is 0 Å². The molecule has 0 aliphatic carbocycles. The second-order valence-corrected chi connectivity index (χ2v) is 3.80. The highest BCUT2D eigenvalue weighted by Crippen LogP contribution is 2.29. The van der Waals surface area contributed by atoms with Crippen LogP contribution in [-0.2, 0) is 4.74 Å². The van der Waals surface area contributed by atoms with Crippen molar-refractivity contribution in [3.63, 3.8) is 0 Å².